The zero-order valence-electron chi connectivity index (χ0n) is 11.1. The number of halogens is 3. The van der Waals surface area contributed by atoms with Gasteiger partial charge in [0.2, 0.25) is 0 Å². The third-order valence-electron chi connectivity index (χ3n) is 4.78. The lowest BCUT2D eigenvalue weighted by Crippen LogP contribution is -2.53. The van der Waals surface area contributed by atoms with Crippen LogP contribution in [0.1, 0.15) is 33.1 Å². The molecule has 0 aromatic heterocycles. The lowest BCUT2D eigenvalue weighted by atomic mass is 9.69. The van der Waals surface area contributed by atoms with Crippen molar-refractivity contribution in [3.8, 4) is 0 Å². The van der Waals surface area contributed by atoms with Gasteiger partial charge < -0.3 is 4.74 Å². The predicted molar refractivity (Wildman–Crippen MR) is 63.4 cm³/mol. The van der Waals surface area contributed by atoms with E-state index in [1.807, 2.05) is 0 Å². The SMILES string of the molecule is CC(C)C1(C(F)(F)F)CCN(C2CCOC2)CC1. The molecule has 0 saturated carbocycles. The minimum atomic E-state index is -4.08. The molecule has 2 aliphatic heterocycles. The van der Waals surface area contributed by atoms with E-state index in [9.17, 15) is 13.2 Å². The van der Waals surface area contributed by atoms with Gasteiger partial charge in [0.15, 0.2) is 0 Å². The molecule has 5 heteroatoms. The Balaban J connectivity index is 2.02. The van der Waals surface area contributed by atoms with Crippen LogP contribution < -0.4 is 0 Å². The van der Waals surface area contributed by atoms with Gasteiger partial charge in [-0.3, -0.25) is 4.90 Å². The van der Waals surface area contributed by atoms with Gasteiger partial charge >= 0.3 is 6.18 Å². The van der Waals surface area contributed by atoms with E-state index in [0.29, 0.717) is 25.7 Å². The molecule has 2 heterocycles. The van der Waals surface area contributed by atoms with E-state index < -0.39 is 11.6 Å². The van der Waals surface area contributed by atoms with Crippen molar-refractivity contribution in [1.29, 1.82) is 0 Å². The fourth-order valence-electron chi connectivity index (χ4n) is 3.29. The summed E-state index contributed by atoms with van der Waals surface area (Å²) in [5, 5.41) is 0. The minimum Gasteiger partial charge on any atom is -0.380 e. The summed E-state index contributed by atoms with van der Waals surface area (Å²) in [6, 6.07) is 0.336. The molecule has 0 bridgehead atoms. The van der Waals surface area contributed by atoms with Gasteiger partial charge in [-0.05, 0) is 38.3 Å². The van der Waals surface area contributed by atoms with Crippen LogP contribution in [0.4, 0.5) is 13.2 Å². The molecular formula is C13H22F3NO. The fraction of sp³-hybridized carbons (Fsp3) is 1.00. The maximum Gasteiger partial charge on any atom is 0.394 e. The second kappa shape index (κ2) is 5.00. The molecule has 106 valence electrons. The molecule has 1 unspecified atom stereocenters. The van der Waals surface area contributed by atoms with Crippen LogP contribution in [0.5, 0.6) is 0 Å². The van der Waals surface area contributed by atoms with Gasteiger partial charge in [0.05, 0.1) is 12.0 Å². The van der Waals surface area contributed by atoms with Crippen LogP contribution in [-0.4, -0.2) is 43.4 Å². The normalized spacial score (nSPS) is 30.0. The quantitative estimate of drug-likeness (QED) is 0.761. The van der Waals surface area contributed by atoms with Crippen LogP contribution in [0.25, 0.3) is 0 Å². The Morgan fingerprint density at radius 2 is 1.83 bits per heavy atom. The van der Waals surface area contributed by atoms with Crippen LogP contribution in [0.3, 0.4) is 0 Å². The lowest BCUT2D eigenvalue weighted by Gasteiger charge is -2.46. The van der Waals surface area contributed by atoms with Crippen LogP contribution in [0.2, 0.25) is 0 Å². The highest BCUT2D eigenvalue weighted by molar-refractivity contribution is 4.95. The minimum absolute atomic E-state index is 0.227. The van der Waals surface area contributed by atoms with Gasteiger partial charge in [0, 0.05) is 12.6 Å². The maximum atomic E-state index is 13.3. The van der Waals surface area contributed by atoms with E-state index in [0.717, 1.165) is 13.0 Å². The van der Waals surface area contributed by atoms with Crippen molar-refractivity contribution >= 4 is 0 Å². The summed E-state index contributed by atoms with van der Waals surface area (Å²) in [6.45, 7) is 5.91. The van der Waals surface area contributed by atoms with E-state index in [1.54, 1.807) is 13.8 Å². The highest BCUT2D eigenvalue weighted by atomic mass is 19.4. The summed E-state index contributed by atoms with van der Waals surface area (Å²) >= 11 is 0. The van der Waals surface area contributed by atoms with Crippen molar-refractivity contribution in [2.75, 3.05) is 26.3 Å². The summed E-state index contributed by atoms with van der Waals surface area (Å²) in [5.74, 6) is -0.348. The van der Waals surface area contributed by atoms with Gasteiger partial charge in [0.25, 0.3) is 0 Å². The van der Waals surface area contributed by atoms with Crippen molar-refractivity contribution in [3.63, 3.8) is 0 Å². The number of alkyl halides is 3. The Hall–Kier alpha value is -0.290. The summed E-state index contributed by atoms with van der Waals surface area (Å²) in [7, 11) is 0. The molecule has 0 radical (unpaired) electrons. The van der Waals surface area contributed by atoms with Crippen LogP contribution in [-0.2, 0) is 4.74 Å². The Kier molecular flexibility index (Phi) is 3.93. The second-order valence-electron chi connectivity index (χ2n) is 5.86. The molecule has 2 fully saturated rings. The molecule has 18 heavy (non-hydrogen) atoms. The summed E-state index contributed by atoms with van der Waals surface area (Å²) in [4.78, 5) is 2.18. The van der Waals surface area contributed by atoms with Crippen molar-refractivity contribution in [2.45, 2.75) is 45.3 Å². The Morgan fingerprint density at radius 3 is 2.22 bits per heavy atom. The smallest absolute Gasteiger partial charge is 0.380 e. The van der Waals surface area contributed by atoms with Crippen LogP contribution in [0.15, 0.2) is 0 Å². The largest absolute Gasteiger partial charge is 0.394 e. The molecule has 2 aliphatic rings. The average Bonchev–Trinajstić information content (AvgIpc) is 2.80. The first-order valence-electron chi connectivity index (χ1n) is 6.75. The van der Waals surface area contributed by atoms with E-state index in [-0.39, 0.29) is 18.8 Å². The summed E-state index contributed by atoms with van der Waals surface area (Å²) in [6.07, 6.45) is -2.67. The molecule has 2 rings (SSSR count). The highest BCUT2D eigenvalue weighted by Gasteiger charge is 2.57. The van der Waals surface area contributed by atoms with Crippen LogP contribution in [0, 0.1) is 11.3 Å². The molecule has 0 N–H and O–H groups in total. The number of likely N-dealkylation sites (tertiary alicyclic amines) is 1. The number of ether oxygens (including phenoxy) is 1. The fourth-order valence-corrected chi connectivity index (χ4v) is 3.29. The molecule has 1 atom stereocenters. The number of rotatable bonds is 2. The summed E-state index contributed by atoms with van der Waals surface area (Å²) in [5.41, 5.74) is -1.48. The Morgan fingerprint density at radius 1 is 1.22 bits per heavy atom. The molecule has 2 nitrogen and oxygen atoms in total. The van der Waals surface area contributed by atoms with Crippen molar-refractivity contribution in [3.05, 3.63) is 0 Å². The summed E-state index contributed by atoms with van der Waals surface area (Å²) < 4.78 is 45.2. The highest BCUT2D eigenvalue weighted by Crippen LogP contribution is 2.51. The van der Waals surface area contributed by atoms with Gasteiger partial charge in [0.1, 0.15) is 0 Å². The first-order chi connectivity index (χ1) is 8.37. The van der Waals surface area contributed by atoms with Gasteiger partial charge in [-0.1, -0.05) is 13.8 Å². The van der Waals surface area contributed by atoms with Gasteiger partial charge in [-0.25, -0.2) is 0 Å². The molecule has 0 aliphatic carbocycles. The molecule has 0 spiro atoms. The monoisotopic (exact) mass is 265 g/mol. The lowest BCUT2D eigenvalue weighted by molar-refractivity contribution is -0.254. The zero-order chi connectivity index (χ0) is 13.4. The number of hydrogen-bond donors (Lipinski definition) is 0. The molecule has 2 saturated heterocycles. The molecular weight excluding hydrogens is 243 g/mol. The van der Waals surface area contributed by atoms with Crippen LogP contribution >= 0.6 is 0 Å². The standard InChI is InChI=1S/C13H22F3NO/c1-10(2)12(13(14,15)16)4-6-17(7-5-12)11-3-8-18-9-11/h10-11H,3-9H2,1-2H3. The Bertz CT molecular complexity index is 276. The van der Waals surface area contributed by atoms with Crippen molar-refractivity contribution in [1.82, 2.24) is 4.90 Å². The van der Waals surface area contributed by atoms with E-state index in [4.69, 9.17) is 4.74 Å². The number of nitrogens with zero attached hydrogens (tertiary/aromatic N) is 1. The number of hydrogen-bond acceptors (Lipinski definition) is 2. The Labute approximate surface area is 106 Å². The maximum absolute atomic E-state index is 13.3. The van der Waals surface area contributed by atoms with Crippen molar-refractivity contribution in [2.24, 2.45) is 11.3 Å². The molecule has 0 amide bonds. The average molecular weight is 265 g/mol. The predicted octanol–water partition coefficient (Wildman–Crippen LogP) is 3.08. The van der Waals surface area contributed by atoms with Gasteiger partial charge in [-0.2, -0.15) is 13.2 Å². The molecule has 0 aromatic rings. The zero-order valence-corrected chi connectivity index (χ0v) is 11.1. The second-order valence-corrected chi connectivity index (χ2v) is 5.86. The third-order valence-corrected chi connectivity index (χ3v) is 4.78. The molecule has 0 aromatic carbocycles. The topological polar surface area (TPSA) is 12.5 Å². The number of piperidine rings is 1. The van der Waals surface area contributed by atoms with Gasteiger partial charge in [-0.15, -0.1) is 0 Å². The van der Waals surface area contributed by atoms with E-state index >= 15 is 0 Å². The first-order valence-corrected chi connectivity index (χ1v) is 6.75. The van der Waals surface area contributed by atoms with Crippen molar-refractivity contribution < 1.29 is 17.9 Å². The van der Waals surface area contributed by atoms with E-state index in [1.165, 1.54) is 0 Å². The van der Waals surface area contributed by atoms with E-state index in [2.05, 4.69) is 4.90 Å². The first kappa shape index (κ1) is 14.1. The third kappa shape index (κ3) is 2.39.